The van der Waals surface area contributed by atoms with Crippen molar-refractivity contribution in [3.05, 3.63) is 0 Å². The Morgan fingerprint density at radius 3 is 2.00 bits per heavy atom. The van der Waals surface area contributed by atoms with Gasteiger partial charge >= 0.3 is 48.9 Å². The zero-order chi connectivity index (χ0) is 4.99. The van der Waals surface area contributed by atoms with Crippen LogP contribution in [0, 0.1) is 0 Å². The third-order valence-electron chi connectivity index (χ3n) is 0.188. The van der Waals surface area contributed by atoms with Gasteiger partial charge in [0.25, 0.3) is 0 Å². The van der Waals surface area contributed by atoms with Crippen molar-refractivity contribution in [2.45, 2.75) is 0 Å². The molecule has 0 aromatic carbocycles. The van der Waals surface area contributed by atoms with Crippen molar-refractivity contribution in [2.75, 3.05) is 6.61 Å². The molecule has 0 heterocycles. The van der Waals surface area contributed by atoms with Crippen LogP contribution in [0.25, 0.3) is 0 Å². The number of aliphatic carboxylic acids is 1. The molecule has 0 spiro atoms. The second-order valence-corrected chi connectivity index (χ2v) is 1.40. The Bertz CT molecular complexity index is 54.4. The van der Waals surface area contributed by atoms with Gasteiger partial charge in [-0.25, -0.2) is 0 Å². The van der Waals surface area contributed by atoms with Gasteiger partial charge in [-0.15, -0.1) is 0 Å². The predicted molar refractivity (Wildman–Crippen MR) is 26.6 cm³/mol. The van der Waals surface area contributed by atoms with Gasteiger partial charge in [-0.3, -0.25) is 0 Å². The zero-order valence-electron chi connectivity index (χ0n) is 3.92. The van der Waals surface area contributed by atoms with Gasteiger partial charge < -0.3 is 11.0 Å². The standard InChI is InChI=1S/C2H3O3.2H2O.Sb/c3-1-2(4)5;;;/h1H2,(H,4,5);2*1H2;/q-1;;;+1. The van der Waals surface area contributed by atoms with E-state index >= 15 is 0 Å². The van der Waals surface area contributed by atoms with Crippen LogP contribution < -0.4 is 0 Å². The molecule has 0 rings (SSSR count). The topological polar surface area (TPSA) is 110 Å². The van der Waals surface area contributed by atoms with Crippen LogP contribution in [-0.4, -0.2) is 52.1 Å². The summed E-state index contributed by atoms with van der Waals surface area (Å²) in [5, 5.41) is 7.80. The summed E-state index contributed by atoms with van der Waals surface area (Å²) in [6, 6.07) is 0. The minimum atomic E-state index is -0.920. The van der Waals surface area contributed by atoms with E-state index in [1.807, 2.05) is 0 Å². The summed E-state index contributed by atoms with van der Waals surface area (Å²) in [6.45, 7) is -0.186. The molecule has 0 aliphatic rings. The molecule has 50 valence electrons. The van der Waals surface area contributed by atoms with E-state index in [2.05, 4.69) is 3.02 Å². The van der Waals surface area contributed by atoms with E-state index in [9.17, 15) is 4.79 Å². The van der Waals surface area contributed by atoms with Crippen molar-refractivity contribution in [1.82, 2.24) is 0 Å². The molecule has 0 aliphatic carbocycles. The number of carboxylic acid groups (broad SMARTS) is 1. The molecule has 0 aromatic rings. The average molecular weight is 233 g/mol. The van der Waals surface area contributed by atoms with Gasteiger partial charge in [0, 0.05) is 0 Å². The summed E-state index contributed by atoms with van der Waals surface area (Å²) in [6.07, 6.45) is 0. The monoisotopic (exact) mass is 232 g/mol. The fourth-order valence-electron chi connectivity index (χ4n) is 0.0552. The normalized spacial score (nSPS) is 6.12. The minimum absolute atomic E-state index is 0. The second-order valence-electron chi connectivity index (χ2n) is 0.667. The van der Waals surface area contributed by atoms with Gasteiger partial charge in [0.05, 0.1) is 0 Å². The summed E-state index contributed by atoms with van der Waals surface area (Å²) in [4.78, 5) is 9.48. The molecule has 2 radical (unpaired) electrons. The Morgan fingerprint density at radius 2 is 2.00 bits per heavy atom. The van der Waals surface area contributed by atoms with Gasteiger partial charge in [0.15, 0.2) is 0 Å². The Labute approximate surface area is 60.3 Å². The van der Waals surface area contributed by atoms with Crippen molar-refractivity contribution in [2.24, 2.45) is 0 Å². The van der Waals surface area contributed by atoms with Crippen LogP contribution in [0.4, 0.5) is 0 Å². The van der Waals surface area contributed by atoms with E-state index in [1.165, 1.54) is 0 Å². The van der Waals surface area contributed by atoms with Crippen molar-refractivity contribution in [3.63, 3.8) is 0 Å². The Morgan fingerprint density at radius 1 is 1.62 bits per heavy atom. The third kappa shape index (κ3) is 16.4. The summed E-state index contributed by atoms with van der Waals surface area (Å²) >= 11 is 1.04. The fraction of sp³-hybridized carbons (Fsp3) is 0.500. The van der Waals surface area contributed by atoms with Crippen LogP contribution in [0.3, 0.4) is 0 Å². The van der Waals surface area contributed by atoms with Crippen LogP contribution >= 0.6 is 0 Å². The molecule has 5 nitrogen and oxygen atoms in total. The van der Waals surface area contributed by atoms with Gasteiger partial charge in [0.2, 0.25) is 0 Å². The molecule has 6 heteroatoms. The van der Waals surface area contributed by atoms with E-state index in [0.29, 0.717) is 0 Å². The summed E-state index contributed by atoms with van der Waals surface area (Å²) < 4.78 is 4.25. The molecule has 0 unspecified atom stereocenters. The molecule has 0 saturated heterocycles. The van der Waals surface area contributed by atoms with Crippen LogP contribution in [0.15, 0.2) is 0 Å². The number of rotatable bonds is 2. The number of carboxylic acids is 1. The summed E-state index contributed by atoms with van der Waals surface area (Å²) in [5.74, 6) is -0.920. The maximum atomic E-state index is 9.48. The maximum absolute atomic E-state index is 9.48. The first-order valence-electron chi connectivity index (χ1n) is 1.25. The van der Waals surface area contributed by atoms with Crippen molar-refractivity contribution >= 4 is 29.4 Å². The SMILES string of the molecule is O.O.O=C(O)C[O][Sb]. The first-order valence-corrected chi connectivity index (χ1v) is 2.29. The van der Waals surface area contributed by atoms with Crippen LogP contribution in [0.2, 0.25) is 0 Å². The van der Waals surface area contributed by atoms with E-state index in [1.54, 1.807) is 0 Å². The molecule has 0 fully saturated rings. The Balaban J connectivity index is -0.000000125. The van der Waals surface area contributed by atoms with E-state index < -0.39 is 5.97 Å². The Kier molecular flexibility index (Phi) is 20.1. The van der Waals surface area contributed by atoms with Crippen molar-refractivity contribution in [1.29, 1.82) is 0 Å². The van der Waals surface area contributed by atoms with E-state index in [-0.39, 0.29) is 17.6 Å². The number of hydrogen-bond acceptors (Lipinski definition) is 2. The van der Waals surface area contributed by atoms with Gasteiger partial charge in [-0.05, 0) is 0 Å². The third-order valence-corrected chi connectivity index (χ3v) is 0.556. The van der Waals surface area contributed by atoms with Crippen LogP contribution in [0.5, 0.6) is 0 Å². The van der Waals surface area contributed by atoms with Crippen LogP contribution in [-0.2, 0) is 7.81 Å². The Hall–Kier alpha value is 0.168. The summed E-state index contributed by atoms with van der Waals surface area (Å²) in [5.41, 5.74) is 0. The molecule has 0 bridgehead atoms. The quantitative estimate of drug-likeness (QED) is 0.533. The van der Waals surface area contributed by atoms with Gasteiger partial charge in [0.1, 0.15) is 0 Å². The number of hydrogen-bond donors (Lipinski definition) is 1. The van der Waals surface area contributed by atoms with E-state index in [4.69, 9.17) is 5.11 Å². The molecule has 0 amide bonds. The van der Waals surface area contributed by atoms with Gasteiger partial charge in [-0.2, -0.15) is 0 Å². The fourth-order valence-corrected chi connectivity index (χ4v) is 0.370. The predicted octanol–water partition coefficient (Wildman–Crippen LogP) is -2.48. The number of carbonyl (C=O) groups is 1. The van der Waals surface area contributed by atoms with Crippen molar-refractivity contribution < 1.29 is 23.9 Å². The molecule has 0 atom stereocenters. The average Bonchev–Trinajstić information content (AvgIpc) is 1.35. The first kappa shape index (κ1) is 15.7. The molecule has 0 aliphatic heterocycles. The van der Waals surface area contributed by atoms with Crippen LogP contribution in [0.1, 0.15) is 0 Å². The zero-order valence-corrected chi connectivity index (χ0v) is 6.47. The first-order chi connectivity index (χ1) is 2.77. The molecule has 5 N–H and O–H groups in total. The second kappa shape index (κ2) is 10.2. The molecular formula is C2H7O5Sb. The molecular weight excluding hydrogens is 226 g/mol. The summed E-state index contributed by atoms with van der Waals surface area (Å²) in [7, 11) is 0. The molecule has 0 aromatic heterocycles. The molecule has 0 saturated carbocycles. The van der Waals surface area contributed by atoms with Crippen molar-refractivity contribution in [3.8, 4) is 0 Å². The van der Waals surface area contributed by atoms with E-state index in [0.717, 1.165) is 23.4 Å². The molecule has 8 heavy (non-hydrogen) atoms. The van der Waals surface area contributed by atoms with Gasteiger partial charge in [-0.1, -0.05) is 0 Å².